The first kappa shape index (κ1) is 18.2. The fourth-order valence-electron chi connectivity index (χ4n) is 4.12. The molecule has 3 heterocycles. The zero-order chi connectivity index (χ0) is 18.1. The molecule has 3 aliphatic heterocycles. The van der Waals surface area contributed by atoms with Crippen LogP contribution in [-0.2, 0) is 14.3 Å². The maximum atomic E-state index is 12.6. The maximum Gasteiger partial charge on any atom is 0.240 e. The van der Waals surface area contributed by atoms with E-state index in [-0.39, 0.29) is 24.1 Å². The monoisotopic (exact) mass is 379 g/mol. The van der Waals surface area contributed by atoms with Gasteiger partial charge in [-0.3, -0.25) is 14.6 Å². The average Bonchev–Trinajstić information content (AvgIpc) is 3.04. The number of nitrogens with zero attached hydrogens (tertiary/aromatic N) is 2. The molecule has 7 heteroatoms. The van der Waals surface area contributed by atoms with Crippen molar-refractivity contribution >= 4 is 17.5 Å². The Labute approximate surface area is 159 Å². The van der Waals surface area contributed by atoms with Gasteiger partial charge in [0.25, 0.3) is 0 Å². The molecule has 1 N–H and O–H groups in total. The van der Waals surface area contributed by atoms with E-state index in [1.54, 1.807) is 0 Å². The highest BCUT2D eigenvalue weighted by Crippen LogP contribution is 2.30. The van der Waals surface area contributed by atoms with Crippen LogP contribution in [0.4, 0.5) is 0 Å². The number of hydrogen-bond acceptors (Lipinski definition) is 5. The number of nitrogens with one attached hydrogen (secondary N) is 1. The first-order chi connectivity index (χ1) is 12.6. The van der Waals surface area contributed by atoms with Gasteiger partial charge in [0.2, 0.25) is 5.91 Å². The lowest BCUT2D eigenvalue weighted by atomic mass is 10.1. The van der Waals surface area contributed by atoms with Crippen molar-refractivity contribution in [2.45, 2.75) is 30.7 Å². The topological polar surface area (TPSA) is 54.0 Å². The Kier molecular flexibility index (Phi) is 5.47. The quantitative estimate of drug-likeness (QED) is 0.858. The van der Waals surface area contributed by atoms with Gasteiger partial charge < -0.3 is 14.8 Å². The Morgan fingerprint density at radius 3 is 2.81 bits per heavy atom. The van der Waals surface area contributed by atoms with Gasteiger partial charge >= 0.3 is 0 Å². The van der Waals surface area contributed by atoms with Gasteiger partial charge in [0, 0.05) is 36.7 Å². The molecule has 3 fully saturated rings. The average molecular weight is 380 g/mol. The van der Waals surface area contributed by atoms with Crippen molar-refractivity contribution in [3.63, 3.8) is 0 Å². The van der Waals surface area contributed by atoms with E-state index in [1.165, 1.54) is 0 Å². The first-order valence-corrected chi connectivity index (χ1v) is 9.67. The molecule has 6 nitrogen and oxygen atoms in total. The SMILES string of the molecule is CN1CCOC[C@H]1C(=O)N[C@@H]1C[C@H]2CO[C@@H](c3ccc(Cl)cc3)CN2C1. The Bertz CT molecular complexity index is 641. The Morgan fingerprint density at radius 1 is 1.23 bits per heavy atom. The highest BCUT2D eigenvalue weighted by Gasteiger charge is 2.39. The number of hydrogen-bond donors (Lipinski definition) is 1. The van der Waals surface area contributed by atoms with Gasteiger partial charge in [-0.2, -0.15) is 0 Å². The van der Waals surface area contributed by atoms with Crippen LogP contribution < -0.4 is 5.32 Å². The second-order valence-electron chi connectivity index (χ2n) is 7.49. The Hall–Kier alpha value is -1.18. The van der Waals surface area contributed by atoms with Crippen molar-refractivity contribution < 1.29 is 14.3 Å². The van der Waals surface area contributed by atoms with Crippen LogP contribution in [0.15, 0.2) is 24.3 Å². The molecule has 0 unspecified atom stereocenters. The van der Waals surface area contributed by atoms with Gasteiger partial charge in [-0.15, -0.1) is 0 Å². The second kappa shape index (κ2) is 7.82. The van der Waals surface area contributed by atoms with E-state index in [9.17, 15) is 4.79 Å². The van der Waals surface area contributed by atoms with Crippen molar-refractivity contribution in [1.29, 1.82) is 0 Å². The number of ether oxygens (including phenoxy) is 2. The summed E-state index contributed by atoms with van der Waals surface area (Å²) in [5.41, 5.74) is 1.15. The lowest BCUT2D eigenvalue weighted by Gasteiger charge is -2.35. The summed E-state index contributed by atoms with van der Waals surface area (Å²) in [6.07, 6.45) is 1.01. The van der Waals surface area contributed by atoms with Gasteiger partial charge in [-0.05, 0) is 31.2 Å². The van der Waals surface area contributed by atoms with E-state index in [0.29, 0.717) is 25.9 Å². The number of benzene rings is 1. The van der Waals surface area contributed by atoms with Crippen LogP contribution in [0.1, 0.15) is 18.1 Å². The molecule has 0 spiro atoms. The van der Waals surface area contributed by atoms with Crippen LogP contribution in [0.3, 0.4) is 0 Å². The number of carbonyl (C=O) groups is 1. The van der Waals surface area contributed by atoms with E-state index in [2.05, 4.69) is 15.1 Å². The number of halogens is 1. The predicted octanol–water partition coefficient (Wildman–Crippen LogP) is 1.30. The summed E-state index contributed by atoms with van der Waals surface area (Å²) in [5, 5.41) is 3.96. The van der Waals surface area contributed by atoms with Gasteiger partial charge in [0.1, 0.15) is 6.04 Å². The van der Waals surface area contributed by atoms with Crippen molar-refractivity contribution in [2.24, 2.45) is 0 Å². The van der Waals surface area contributed by atoms with Crippen LogP contribution in [0, 0.1) is 0 Å². The van der Waals surface area contributed by atoms with E-state index >= 15 is 0 Å². The number of fused-ring (bicyclic) bond motifs is 1. The van der Waals surface area contributed by atoms with Crippen LogP contribution in [-0.4, -0.2) is 80.3 Å². The number of morpholine rings is 2. The molecule has 3 aliphatic rings. The molecule has 0 radical (unpaired) electrons. The molecule has 26 heavy (non-hydrogen) atoms. The number of likely N-dealkylation sites (N-methyl/N-ethyl adjacent to an activating group) is 1. The Balaban J connectivity index is 1.33. The minimum Gasteiger partial charge on any atom is -0.378 e. The third-order valence-electron chi connectivity index (χ3n) is 5.70. The van der Waals surface area contributed by atoms with Crippen LogP contribution in [0.25, 0.3) is 0 Å². The molecule has 0 saturated carbocycles. The van der Waals surface area contributed by atoms with E-state index < -0.39 is 0 Å². The van der Waals surface area contributed by atoms with Crippen molar-refractivity contribution in [2.75, 3.05) is 46.5 Å². The normalized spacial score (nSPS) is 33.0. The summed E-state index contributed by atoms with van der Waals surface area (Å²) in [7, 11) is 1.98. The second-order valence-corrected chi connectivity index (χ2v) is 7.93. The minimum absolute atomic E-state index is 0.0656. The lowest BCUT2D eigenvalue weighted by molar-refractivity contribution is -0.132. The molecule has 4 atom stereocenters. The number of carbonyl (C=O) groups excluding carboxylic acids is 1. The zero-order valence-electron chi connectivity index (χ0n) is 15.1. The minimum atomic E-state index is -0.181. The summed E-state index contributed by atoms with van der Waals surface area (Å²) in [6, 6.07) is 8.24. The van der Waals surface area contributed by atoms with Gasteiger partial charge in [0.05, 0.1) is 25.9 Å². The fourth-order valence-corrected chi connectivity index (χ4v) is 4.24. The molecule has 1 aromatic carbocycles. The molecule has 0 aromatic heterocycles. The molecule has 0 aliphatic carbocycles. The molecular weight excluding hydrogens is 354 g/mol. The van der Waals surface area contributed by atoms with Gasteiger partial charge in [-0.1, -0.05) is 23.7 Å². The zero-order valence-corrected chi connectivity index (χ0v) is 15.8. The molecule has 3 saturated heterocycles. The molecule has 1 aromatic rings. The van der Waals surface area contributed by atoms with Crippen molar-refractivity contribution in [3.05, 3.63) is 34.9 Å². The summed E-state index contributed by atoms with van der Waals surface area (Å²) in [5.74, 6) is 0.0761. The Morgan fingerprint density at radius 2 is 2.04 bits per heavy atom. The standard InChI is InChI=1S/C19H26ClN3O3/c1-22-6-7-25-12-17(22)19(24)21-15-8-16-11-26-18(10-23(16)9-15)13-2-4-14(20)5-3-13/h2-5,15-18H,6-12H2,1H3,(H,21,24)/t15-,16+,17+,18-/m1/s1. The third kappa shape index (κ3) is 3.89. The van der Waals surface area contributed by atoms with E-state index in [1.807, 2.05) is 31.3 Å². The lowest BCUT2D eigenvalue weighted by Crippen LogP contribution is -2.54. The van der Waals surface area contributed by atoms with Crippen LogP contribution in [0.2, 0.25) is 5.02 Å². The summed E-state index contributed by atoms with van der Waals surface area (Å²) >= 11 is 5.98. The van der Waals surface area contributed by atoms with Crippen LogP contribution in [0.5, 0.6) is 0 Å². The predicted molar refractivity (Wildman–Crippen MR) is 99.3 cm³/mol. The molecule has 4 rings (SSSR count). The van der Waals surface area contributed by atoms with Gasteiger partial charge in [0.15, 0.2) is 0 Å². The van der Waals surface area contributed by atoms with Gasteiger partial charge in [-0.25, -0.2) is 0 Å². The van der Waals surface area contributed by atoms with E-state index in [0.717, 1.165) is 36.6 Å². The third-order valence-corrected chi connectivity index (χ3v) is 5.96. The maximum absolute atomic E-state index is 12.6. The molecule has 1 amide bonds. The number of amides is 1. The van der Waals surface area contributed by atoms with Crippen LogP contribution >= 0.6 is 11.6 Å². The summed E-state index contributed by atoms with van der Waals surface area (Å²) in [6.45, 7) is 4.40. The smallest absolute Gasteiger partial charge is 0.240 e. The summed E-state index contributed by atoms with van der Waals surface area (Å²) in [4.78, 5) is 17.1. The van der Waals surface area contributed by atoms with Crippen molar-refractivity contribution in [1.82, 2.24) is 15.1 Å². The van der Waals surface area contributed by atoms with Crippen molar-refractivity contribution in [3.8, 4) is 0 Å². The molecule has 0 bridgehead atoms. The summed E-state index contributed by atoms with van der Waals surface area (Å²) < 4.78 is 11.5. The molecular formula is C19H26ClN3O3. The highest BCUT2D eigenvalue weighted by molar-refractivity contribution is 6.30. The fraction of sp³-hybridized carbons (Fsp3) is 0.632. The molecule has 142 valence electrons. The highest BCUT2D eigenvalue weighted by atomic mass is 35.5. The largest absolute Gasteiger partial charge is 0.378 e. The first-order valence-electron chi connectivity index (χ1n) is 9.29. The van der Waals surface area contributed by atoms with E-state index in [4.69, 9.17) is 21.1 Å². The number of rotatable bonds is 3.